The lowest BCUT2D eigenvalue weighted by molar-refractivity contribution is -0.127. The van der Waals surface area contributed by atoms with Crippen molar-refractivity contribution in [3.05, 3.63) is 61.4 Å². The quantitative estimate of drug-likeness (QED) is 0.414. The van der Waals surface area contributed by atoms with E-state index in [4.69, 9.17) is 5.11 Å². The van der Waals surface area contributed by atoms with Gasteiger partial charge in [0.2, 0.25) is 5.91 Å². The van der Waals surface area contributed by atoms with E-state index in [1.165, 1.54) is 0 Å². The predicted octanol–water partition coefficient (Wildman–Crippen LogP) is 3.64. The van der Waals surface area contributed by atoms with Crippen molar-refractivity contribution in [2.45, 2.75) is 44.7 Å². The Morgan fingerprint density at radius 2 is 1.67 bits per heavy atom. The summed E-state index contributed by atoms with van der Waals surface area (Å²) >= 11 is 0. The van der Waals surface area contributed by atoms with Crippen LogP contribution in [0, 0.1) is 5.92 Å². The number of aryl methyl sites for hydroxylation is 1. The summed E-state index contributed by atoms with van der Waals surface area (Å²) in [4.78, 5) is 21.6. The number of benzene rings is 1. The molecule has 4 aromatic rings. The van der Waals surface area contributed by atoms with Gasteiger partial charge in [0.15, 0.2) is 5.82 Å². The largest absolute Gasteiger partial charge is 0.394 e. The molecule has 1 aliphatic carbocycles. The molecule has 3 aromatic heterocycles. The van der Waals surface area contributed by atoms with Crippen LogP contribution in [0.5, 0.6) is 0 Å². The van der Waals surface area contributed by atoms with Crippen molar-refractivity contribution in [2.24, 2.45) is 13.0 Å². The summed E-state index contributed by atoms with van der Waals surface area (Å²) < 4.78 is 3.79. The molecule has 0 radical (unpaired) electrons. The molecule has 3 heterocycles. The molecule has 1 fully saturated rings. The first-order valence-electron chi connectivity index (χ1n) is 12.4. The number of hydrogen-bond donors (Lipinski definition) is 2. The number of nitrogens with zero attached hydrogens (tertiary/aromatic N) is 6. The molecule has 0 spiro atoms. The molecule has 36 heavy (non-hydrogen) atoms. The van der Waals surface area contributed by atoms with E-state index < -0.39 is 0 Å². The van der Waals surface area contributed by atoms with E-state index >= 15 is 0 Å². The number of aliphatic hydroxyl groups is 1. The lowest BCUT2D eigenvalue weighted by Crippen LogP contribution is -2.40. The topological polar surface area (TPSA) is 111 Å². The highest BCUT2D eigenvalue weighted by Gasteiger charge is 2.28. The lowest BCUT2D eigenvalue weighted by Gasteiger charge is -2.28. The molecule has 1 amide bonds. The molecule has 0 bridgehead atoms. The van der Waals surface area contributed by atoms with Crippen LogP contribution in [0.4, 0.5) is 0 Å². The highest BCUT2D eigenvalue weighted by molar-refractivity contribution is 5.79. The zero-order chi connectivity index (χ0) is 25.1. The summed E-state index contributed by atoms with van der Waals surface area (Å²) in [6.07, 6.45) is 14.8. The summed E-state index contributed by atoms with van der Waals surface area (Å²) in [5, 5.41) is 20.9. The number of amides is 1. The summed E-state index contributed by atoms with van der Waals surface area (Å²) in [5.74, 6) is 0.714. The molecule has 2 N–H and O–H groups in total. The van der Waals surface area contributed by atoms with Gasteiger partial charge in [0.25, 0.3) is 0 Å². The van der Waals surface area contributed by atoms with Crippen LogP contribution in [0.3, 0.4) is 0 Å². The van der Waals surface area contributed by atoms with Crippen molar-refractivity contribution >= 4 is 5.91 Å². The Kier molecular flexibility index (Phi) is 6.90. The van der Waals surface area contributed by atoms with Gasteiger partial charge >= 0.3 is 0 Å². The fourth-order valence-electron chi connectivity index (χ4n) is 4.73. The number of hydrogen-bond acceptors (Lipinski definition) is 6. The smallest absolute Gasteiger partial charge is 0.223 e. The monoisotopic (exact) mass is 485 g/mol. The molecule has 0 unspecified atom stereocenters. The minimum atomic E-state index is -0.206. The van der Waals surface area contributed by atoms with E-state index in [0.29, 0.717) is 5.82 Å². The number of carbonyl (C=O) groups excluding carboxylic acids is 1. The molecule has 5 rings (SSSR count). The predicted molar refractivity (Wildman–Crippen MR) is 137 cm³/mol. The van der Waals surface area contributed by atoms with Crippen LogP contribution in [-0.4, -0.2) is 53.2 Å². The first-order chi connectivity index (χ1) is 17.5. The maximum absolute atomic E-state index is 12.4. The minimum Gasteiger partial charge on any atom is -0.394 e. The van der Waals surface area contributed by atoms with E-state index in [1.807, 2.05) is 68.0 Å². The highest BCUT2D eigenvalue weighted by atomic mass is 16.3. The standard InChI is InChI=1S/C27H31N7O2/c1-18(17-35)32-27(36)19-6-8-25(9-7-19)34-16-24(14-31-34)22-11-28-26(29-12-22)21-5-3-4-20(10-21)23-13-30-33(2)15-23/h3-5,10-16,18-19,25,35H,6-9,17H2,1-2H3,(H,32,36)/t18-,19?,25?/m1/s1. The first-order valence-corrected chi connectivity index (χ1v) is 12.4. The van der Waals surface area contributed by atoms with Crippen LogP contribution in [0.2, 0.25) is 0 Å². The molecular weight excluding hydrogens is 454 g/mol. The van der Waals surface area contributed by atoms with E-state index in [9.17, 15) is 4.79 Å². The van der Waals surface area contributed by atoms with Crippen LogP contribution >= 0.6 is 0 Å². The van der Waals surface area contributed by atoms with Crippen molar-refractivity contribution in [1.82, 2.24) is 34.8 Å². The Morgan fingerprint density at radius 1 is 0.972 bits per heavy atom. The van der Waals surface area contributed by atoms with Gasteiger partial charge in [0.05, 0.1) is 25.0 Å². The second kappa shape index (κ2) is 10.4. The van der Waals surface area contributed by atoms with Crippen molar-refractivity contribution in [2.75, 3.05) is 6.61 Å². The maximum atomic E-state index is 12.4. The molecule has 9 heteroatoms. The summed E-state index contributed by atoms with van der Waals surface area (Å²) in [7, 11) is 1.90. The third kappa shape index (κ3) is 5.21. The molecule has 0 aliphatic heterocycles. The molecule has 1 aliphatic rings. The average molecular weight is 486 g/mol. The molecule has 9 nitrogen and oxygen atoms in total. The third-order valence-corrected chi connectivity index (χ3v) is 6.85. The van der Waals surface area contributed by atoms with Gasteiger partial charge in [0.1, 0.15) is 0 Å². The van der Waals surface area contributed by atoms with Crippen LogP contribution in [0.1, 0.15) is 38.6 Å². The van der Waals surface area contributed by atoms with Crippen LogP contribution in [0.25, 0.3) is 33.6 Å². The molecule has 1 saturated carbocycles. The van der Waals surface area contributed by atoms with Crippen LogP contribution in [0.15, 0.2) is 61.4 Å². The number of rotatable bonds is 7. The van der Waals surface area contributed by atoms with Crippen LogP contribution < -0.4 is 5.32 Å². The molecule has 1 atom stereocenters. The zero-order valence-electron chi connectivity index (χ0n) is 20.6. The molecule has 0 saturated heterocycles. The van der Waals surface area contributed by atoms with E-state index in [1.54, 1.807) is 4.68 Å². The second-order valence-electron chi connectivity index (χ2n) is 9.59. The third-order valence-electron chi connectivity index (χ3n) is 6.85. The van der Waals surface area contributed by atoms with E-state index in [2.05, 4.69) is 37.6 Å². The molecule has 186 valence electrons. The summed E-state index contributed by atoms with van der Waals surface area (Å²) in [6.45, 7) is 1.77. The van der Waals surface area contributed by atoms with Gasteiger partial charge in [-0.05, 0) is 44.2 Å². The van der Waals surface area contributed by atoms with Crippen molar-refractivity contribution < 1.29 is 9.90 Å². The Bertz CT molecular complexity index is 1320. The minimum absolute atomic E-state index is 0.00267. The van der Waals surface area contributed by atoms with Crippen LogP contribution in [-0.2, 0) is 11.8 Å². The Labute approximate surface area is 210 Å². The Morgan fingerprint density at radius 3 is 2.36 bits per heavy atom. The van der Waals surface area contributed by atoms with E-state index in [-0.39, 0.29) is 30.5 Å². The number of aliphatic hydroxyl groups excluding tert-OH is 1. The van der Waals surface area contributed by atoms with Crippen molar-refractivity contribution in [3.63, 3.8) is 0 Å². The van der Waals surface area contributed by atoms with Gasteiger partial charge < -0.3 is 10.4 Å². The van der Waals surface area contributed by atoms with Gasteiger partial charge in [0, 0.05) is 66.0 Å². The number of aromatic nitrogens is 6. The van der Waals surface area contributed by atoms with Gasteiger partial charge in [-0.25, -0.2) is 9.97 Å². The normalized spacial score (nSPS) is 18.6. The number of carbonyl (C=O) groups is 1. The van der Waals surface area contributed by atoms with Gasteiger partial charge in [-0.2, -0.15) is 10.2 Å². The van der Waals surface area contributed by atoms with Gasteiger partial charge in [-0.15, -0.1) is 0 Å². The van der Waals surface area contributed by atoms with Gasteiger partial charge in [-0.1, -0.05) is 18.2 Å². The lowest BCUT2D eigenvalue weighted by atomic mass is 9.85. The zero-order valence-corrected chi connectivity index (χ0v) is 20.6. The van der Waals surface area contributed by atoms with Gasteiger partial charge in [-0.3, -0.25) is 14.2 Å². The van der Waals surface area contributed by atoms with E-state index in [0.717, 1.165) is 53.5 Å². The Balaban J connectivity index is 1.23. The fraction of sp³-hybridized carbons (Fsp3) is 0.370. The van der Waals surface area contributed by atoms with Crippen molar-refractivity contribution in [1.29, 1.82) is 0 Å². The average Bonchev–Trinajstić information content (AvgIpc) is 3.59. The first kappa shape index (κ1) is 23.9. The fourth-order valence-corrected chi connectivity index (χ4v) is 4.73. The molecule has 1 aromatic carbocycles. The SMILES string of the molecule is C[C@H](CO)NC(=O)C1CCC(n2cc(-c3cnc(-c4cccc(-c5cnn(C)c5)c4)nc3)cn2)CC1. The second-order valence-corrected chi connectivity index (χ2v) is 9.59. The number of nitrogens with one attached hydrogen (secondary N) is 1. The van der Waals surface area contributed by atoms with Crippen molar-refractivity contribution in [3.8, 4) is 33.6 Å². The summed E-state index contributed by atoms with van der Waals surface area (Å²) in [6, 6.07) is 8.21. The summed E-state index contributed by atoms with van der Waals surface area (Å²) in [5.41, 5.74) is 4.97. The maximum Gasteiger partial charge on any atom is 0.223 e. The highest BCUT2D eigenvalue weighted by Crippen LogP contribution is 2.33. The molecular formula is C27H31N7O2. The Hall–Kier alpha value is -3.85.